The van der Waals surface area contributed by atoms with Crippen LogP contribution >= 0.6 is 0 Å². The van der Waals surface area contributed by atoms with Crippen LogP contribution in [0.1, 0.15) is 5.56 Å². The maximum atomic E-state index is 12.4. The molecule has 0 unspecified atom stereocenters. The molecule has 0 atom stereocenters. The largest absolute Gasteiger partial charge is 0.507 e. The first-order valence-corrected chi connectivity index (χ1v) is 8.76. The van der Waals surface area contributed by atoms with Gasteiger partial charge >= 0.3 is 5.63 Å². The van der Waals surface area contributed by atoms with E-state index in [0.29, 0.717) is 0 Å². The zero-order valence-corrected chi connectivity index (χ0v) is 14.0. The molecule has 2 aromatic carbocycles. The molecule has 0 aliphatic rings. The van der Waals surface area contributed by atoms with Gasteiger partial charge in [-0.15, -0.1) is 0 Å². The summed E-state index contributed by atoms with van der Waals surface area (Å²) in [5.74, 6) is -0.297. The van der Waals surface area contributed by atoms with Gasteiger partial charge in [0.25, 0.3) is 10.0 Å². The first kappa shape index (κ1) is 17.0. The van der Waals surface area contributed by atoms with Crippen LogP contribution in [0.15, 0.2) is 62.6 Å². The topological polar surface area (TPSA) is 106 Å². The summed E-state index contributed by atoms with van der Waals surface area (Å²) in [7, 11) is -2.39. The Bertz CT molecular complexity index is 1070. The Kier molecular flexibility index (Phi) is 4.47. The molecule has 0 aliphatic carbocycles. The van der Waals surface area contributed by atoms with Gasteiger partial charge in [-0.2, -0.15) is 0 Å². The molecule has 0 spiro atoms. The number of fused-ring (bicyclic) bond motifs is 1. The number of nitrogens with one attached hydrogen (secondary N) is 1. The van der Waals surface area contributed by atoms with Crippen LogP contribution in [-0.2, 0) is 21.4 Å². The van der Waals surface area contributed by atoms with Crippen LogP contribution in [0.25, 0.3) is 11.0 Å². The molecule has 0 saturated heterocycles. The van der Waals surface area contributed by atoms with Crippen LogP contribution in [0, 0.1) is 0 Å². The number of methoxy groups -OCH3 is 1. The van der Waals surface area contributed by atoms with Gasteiger partial charge in [0.05, 0.1) is 16.9 Å². The summed E-state index contributed by atoms with van der Waals surface area (Å²) in [6.07, 6.45) is 0. The maximum Gasteiger partial charge on any atom is 0.345 e. The molecule has 0 radical (unpaired) electrons. The number of hydrogen-bond acceptors (Lipinski definition) is 6. The number of anilines is 1. The summed E-state index contributed by atoms with van der Waals surface area (Å²) in [4.78, 5) is 11.9. The zero-order chi connectivity index (χ0) is 18.0. The van der Waals surface area contributed by atoms with E-state index in [0.717, 1.165) is 0 Å². The molecule has 2 N–H and O–H groups in total. The van der Waals surface area contributed by atoms with Crippen molar-refractivity contribution >= 4 is 26.7 Å². The van der Waals surface area contributed by atoms with Gasteiger partial charge in [0.15, 0.2) is 0 Å². The fourth-order valence-electron chi connectivity index (χ4n) is 2.37. The van der Waals surface area contributed by atoms with Crippen molar-refractivity contribution in [2.75, 3.05) is 11.8 Å². The first-order valence-electron chi connectivity index (χ1n) is 7.28. The quantitative estimate of drug-likeness (QED) is 0.676. The third kappa shape index (κ3) is 3.35. The fraction of sp³-hybridized carbons (Fsp3) is 0.118. The molecular weight excluding hydrogens is 346 g/mol. The van der Waals surface area contributed by atoms with E-state index in [1.165, 1.54) is 37.4 Å². The van der Waals surface area contributed by atoms with Crippen LogP contribution in [0.4, 0.5) is 5.69 Å². The van der Waals surface area contributed by atoms with Gasteiger partial charge in [-0.1, -0.05) is 18.2 Å². The molecule has 0 amide bonds. The third-order valence-corrected chi connectivity index (χ3v) is 4.96. The zero-order valence-electron chi connectivity index (χ0n) is 13.2. The molecule has 0 fully saturated rings. The lowest BCUT2D eigenvalue weighted by molar-refractivity contribution is 0.178. The normalized spacial score (nSPS) is 11.6. The van der Waals surface area contributed by atoms with Crippen molar-refractivity contribution in [3.05, 3.63) is 64.5 Å². The molecule has 0 saturated carbocycles. The molecule has 0 bridgehead atoms. The van der Waals surface area contributed by atoms with E-state index in [4.69, 9.17) is 9.15 Å². The second-order valence-electron chi connectivity index (χ2n) is 5.28. The summed E-state index contributed by atoms with van der Waals surface area (Å²) >= 11 is 0. The standard InChI is InChI=1S/C17H15NO6S/c1-23-10-14-16(19)13-9-11(7-8-15(13)24-17(14)20)18-25(21,22)12-5-3-2-4-6-12/h2-9,18-19H,10H2,1H3. The molecule has 1 heterocycles. The van der Waals surface area contributed by atoms with Crippen LogP contribution in [0.3, 0.4) is 0 Å². The summed E-state index contributed by atoms with van der Waals surface area (Å²) in [6, 6.07) is 12.1. The second kappa shape index (κ2) is 6.58. The molecular formula is C17H15NO6S. The molecule has 1 aromatic heterocycles. The minimum atomic E-state index is -3.77. The summed E-state index contributed by atoms with van der Waals surface area (Å²) in [5, 5.41) is 10.5. The number of rotatable bonds is 5. The van der Waals surface area contributed by atoms with E-state index < -0.39 is 15.6 Å². The number of benzene rings is 2. The Labute approximate surface area is 143 Å². The van der Waals surface area contributed by atoms with Crippen molar-refractivity contribution in [1.82, 2.24) is 0 Å². The highest BCUT2D eigenvalue weighted by Crippen LogP contribution is 2.30. The average Bonchev–Trinajstić information content (AvgIpc) is 2.60. The molecule has 25 heavy (non-hydrogen) atoms. The molecule has 130 valence electrons. The summed E-state index contributed by atoms with van der Waals surface area (Å²) in [6.45, 7) is -0.121. The van der Waals surface area contributed by atoms with Gasteiger partial charge in [-0.05, 0) is 30.3 Å². The molecule has 8 heteroatoms. The Morgan fingerprint density at radius 2 is 1.88 bits per heavy atom. The summed E-state index contributed by atoms with van der Waals surface area (Å²) < 4.78 is 37.2. The van der Waals surface area contributed by atoms with E-state index in [9.17, 15) is 18.3 Å². The van der Waals surface area contributed by atoms with Crippen molar-refractivity contribution in [3.8, 4) is 5.75 Å². The Hall–Kier alpha value is -2.84. The van der Waals surface area contributed by atoms with E-state index in [1.807, 2.05) is 0 Å². The highest BCUT2D eigenvalue weighted by Gasteiger charge is 2.17. The first-order chi connectivity index (χ1) is 11.9. The van der Waals surface area contributed by atoms with Gasteiger partial charge in [0.2, 0.25) is 0 Å². The highest BCUT2D eigenvalue weighted by molar-refractivity contribution is 7.92. The number of ether oxygens (including phenoxy) is 1. The number of hydrogen-bond donors (Lipinski definition) is 2. The monoisotopic (exact) mass is 361 g/mol. The van der Waals surface area contributed by atoms with Crippen molar-refractivity contribution < 1.29 is 22.7 Å². The molecule has 7 nitrogen and oxygen atoms in total. The van der Waals surface area contributed by atoms with E-state index in [-0.39, 0.29) is 39.5 Å². The van der Waals surface area contributed by atoms with E-state index in [2.05, 4.69) is 4.72 Å². The van der Waals surface area contributed by atoms with Crippen molar-refractivity contribution in [3.63, 3.8) is 0 Å². The predicted molar refractivity (Wildman–Crippen MR) is 92.1 cm³/mol. The fourth-order valence-corrected chi connectivity index (χ4v) is 3.44. The van der Waals surface area contributed by atoms with E-state index in [1.54, 1.807) is 18.2 Å². The number of aromatic hydroxyl groups is 1. The second-order valence-corrected chi connectivity index (χ2v) is 6.96. The lowest BCUT2D eigenvalue weighted by Crippen LogP contribution is -2.13. The van der Waals surface area contributed by atoms with Crippen LogP contribution in [0.2, 0.25) is 0 Å². The van der Waals surface area contributed by atoms with Crippen LogP contribution in [-0.4, -0.2) is 20.6 Å². The third-order valence-electron chi connectivity index (χ3n) is 3.56. The smallest absolute Gasteiger partial charge is 0.345 e. The predicted octanol–water partition coefficient (Wildman–Crippen LogP) is 2.45. The van der Waals surface area contributed by atoms with E-state index >= 15 is 0 Å². The lowest BCUT2D eigenvalue weighted by atomic mass is 10.1. The Balaban J connectivity index is 2.05. The Morgan fingerprint density at radius 3 is 2.56 bits per heavy atom. The van der Waals surface area contributed by atoms with Crippen LogP contribution in [0.5, 0.6) is 5.75 Å². The van der Waals surface area contributed by atoms with Crippen LogP contribution < -0.4 is 10.3 Å². The van der Waals surface area contributed by atoms with Gasteiger partial charge < -0.3 is 14.3 Å². The Morgan fingerprint density at radius 1 is 1.16 bits per heavy atom. The van der Waals surface area contributed by atoms with Gasteiger partial charge in [-0.3, -0.25) is 4.72 Å². The lowest BCUT2D eigenvalue weighted by Gasteiger charge is -2.10. The minimum Gasteiger partial charge on any atom is -0.507 e. The van der Waals surface area contributed by atoms with Gasteiger partial charge in [0, 0.05) is 12.8 Å². The van der Waals surface area contributed by atoms with Crippen molar-refractivity contribution in [2.45, 2.75) is 11.5 Å². The maximum absolute atomic E-state index is 12.4. The molecule has 3 rings (SSSR count). The van der Waals surface area contributed by atoms with Crippen molar-refractivity contribution in [1.29, 1.82) is 0 Å². The van der Waals surface area contributed by atoms with Crippen molar-refractivity contribution in [2.24, 2.45) is 0 Å². The minimum absolute atomic E-state index is 0.0296. The molecule has 3 aromatic rings. The van der Waals surface area contributed by atoms with Gasteiger partial charge in [-0.25, -0.2) is 13.2 Å². The highest BCUT2D eigenvalue weighted by atomic mass is 32.2. The summed E-state index contributed by atoms with van der Waals surface area (Å²) in [5.41, 5.74) is -0.364. The average molecular weight is 361 g/mol. The SMILES string of the molecule is COCc1c(O)c2cc(NS(=O)(=O)c3ccccc3)ccc2oc1=O. The number of sulfonamides is 1. The molecule has 0 aliphatic heterocycles. The van der Waals surface area contributed by atoms with Gasteiger partial charge in [0.1, 0.15) is 16.9 Å².